The number of nitrogens with zero attached hydrogens (tertiary/aromatic N) is 1. The molecule has 0 bridgehead atoms. The minimum Gasteiger partial charge on any atom is -0.348 e. The minimum atomic E-state index is -0.444. The number of hydrogen-bond donors (Lipinski definition) is 1. The first-order chi connectivity index (χ1) is 11.5. The number of amides is 1. The van der Waals surface area contributed by atoms with Crippen molar-refractivity contribution in [3.05, 3.63) is 74.3 Å². The van der Waals surface area contributed by atoms with Crippen LogP contribution in [0.1, 0.15) is 46.5 Å². The van der Waals surface area contributed by atoms with Gasteiger partial charge in [0.15, 0.2) is 0 Å². The zero-order chi connectivity index (χ0) is 17.7. The van der Waals surface area contributed by atoms with Crippen LogP contribution in [0.3, 0.4) is 0 Å². The Morgan fingerprint density at radius 2 is 1.83 bits per heavy atom. The first-order valence-electron chi connectivity index (χ1n) is 8.10. The molecule has 0 unspecified atom stereocenters. The third-order valence-electron chi connectivity index (χ3n) is 4.15. The smallest absolute Gasteiger partial charge is 0.272 e. The fourth-order valence-electron chi connectivity index (χ4n) is 2.69. The lowest BCUT2D eigenvalue weighted by atomic mass is 10.0. The van der Waals surface area contributed by atoms with Crippen LogP contribution >= 0.6 is 0 Å². The summed E-state index contributed by atoms with van der Waals surface area (Å²) in [7, 11) is 0. The Hall–Kier alpha value is -2.69. The number of hydrogen-bond acceptors (Lipinski definition) is 3. The summed E-state index contributed by atoms with van der Waals surface area (Å²) in [6.45, 7) is 6.27. The van der Waals surface area contributed by atoms with Crippen LogP contribution in [-0.4, -0.2) is 10.8 Å². The second-order valence-corrected chi connectivity index (χ2v) is 5.75. The largest absolute Gasteiger partial charge is 0.348 e. The van der Waals surface area contributed by atoms with Crippen molar-refractivity contribution in [3.63, 3.8) is 0 Å². The van der Waals surface area contributed by atoms with Gasteiger partial charge in [-0.3, -0.25) is 14.9 Å². The summed E-state index contributed by atoms with van der Waals surface area (Å²) in [5.74, 6) is -0.225. The SMILES string of the molecule is CCc1ccc(CC)c(CNC(=O)c2ccc([N+](=O)[O-])c(C)c2)c1. The molecule has 0 aromatic heterocycles. The van der Waals surface area contributed by atoms with E-state index in [1.165, 1.54) is 23.3 Å². The van der Waals surface area contributed by atoms with Crippen molar-refractivity contribution in [3.8, 4) is 0 Å². The summed E-state index contributed by atoms with van der Waals surface area (Å²) in [4.78, 5) is 22.7. The van der Waals surface area contributed by atoms with Crippen LogP contribution < -0.4 is 5.32 Å². The summed E-state index contributed by atoms with van der Waals surface area (Å²) in [6.07, 6.45) is 1.86. The van der Waals surface area contributed by atoms with Gasteiger partial charge >= 0.3 is 0 Å². The molecule has 2 aromatic rings. The molecule has 0 atom stereocenters. The summed E-state index contributed by atoms with van der Waals surface area (Å²) in [5.41, 5.74) is 4.51. The van der Waals surface area contributed by atoms with Gasteiger partial charge in [0.1, 0.15) is 0 Å². The molecule has 0 spiro atoms. The van der Waals surface area contributed by atoms with Crippen molar-refractivity contribution in [2.24, 2.45) is 0 Å². The topological polar surface area (TPSA) is 72.2 Å². The Balaban J connectivity index is 2.13. The minimum absolute atomic E-state index is 0.0236. The molecule has 1 N–H and O–H groups in total. The van der Waals surface area contributed by atoms with Crippen LogP contribution in [0.5, 0.6) is 0 Å². The van der Waals surface area contributed by atoms with Gasteiger partial charge < -0.3 is 5.32 Å². The number of aryl methyl sites for hydroxylation is 3. The third kappa shape index (κ3) is 3.98. The molecule has 0 radical (unpaired) electrons. The lowest BCUT2D eigenvalue weighted by molar-refractivity contribution is -0.385. The highest BCUT2D eigenvalue weighted by atomic mass is 16.6. The molecule has 0 aliphatic carbocycles. The fraction of sp³-hybridized carbons (Fsp3) is 0.316. The van der Waals surface area contributed by atoms with E-state index in [2.05, 4.69) is 37.4 Å². The first-order valence-corrected chi connectivity index (χ1v) is 8.10. The van der Waals surface area contributed by atoms with E-state index in [0.29, 0.717) is 17.7 Å². The van der Waals surface area contributed by atoms with Crippen LogP contribution in [0.15, 0.2) is 36.4 Å². The standard InChI is InChI=1S/C19H22N2O3/c1-4-14-6-7-15(5-2)17(11-14)12-20-19(22)16-8-9-18(21(23)24)13(3)10-16/h6-11H,4-5,12H2,1-3H3,(H,20,22). The molecule has 0 aliphatic rings. The molecule has 0 fully saturated rings. The van der Waals surface area contributed by atoms with Gasteiger partial charge in [0.05, 0.1) is 4.92 Å². The van der Waals surface area contributed by atoms with Crippen molar-refractivity contribution in [1.82, 2.24) is 5.32 Å². The summed E-state index contributed by atoms with van der Waals surface area (Å²) >= 11 is 0. The Morgan fingerprint density at radius 3 is 2.42 bits per heavy atom. The van der Waals surface area contributed by atoms with Crippen LogP contribution in [0.4, 0.5) is 5.69 Å². The zero-order valence-corrected chi connectivity index (χ0v) is 14.3. The van der Waals surface area contributed by atoms with Gasteiger partial charge in [-0.25, -0.2) is 0 Å². The predicted octanol–water partition coefficient (Wildman–Crippen LogP) is 3.96. The molecule has 5 heteroatoms. The lowest BCUT2D eigenvalue weighted by Crippen LogP contribution is -2.23. The van der Waals surface area contributed by atoms with Gasteiger partial charge in [0.2, 0.25) is 0 Å². The molecular weight excluding hydrogens is 304 g/mol. The van der Waals surface area contributed by atoms with E-state index in [1.807, 2.05) is 0 Å². The quantitative estimate of drug-likeness (QED) is 0.645. The van der Waals surface area contributed by atoms with Gasteiger partial charge in [-0.2, -0.15) is 0 Å². The number of carbonyl (C=O) groups excluding carboxylic acids is 1. The van der Waals surface area contributed by atoms with Crippen molar-refractivity contribution in [2.45, 2.75) is 40.2 Å². The number of rotatable bonds is 6. The molecule has 0 saturated carbocycles. The predicted molar refractivity (Wildman–Crippen MR) is 94.2 cm³/mol. The maximum Gasteiger partial charge on any atom is 0.272 e. The molecule has 126 valence electrons. The highest BCUT2D eigenvalue weighted by Crippen LogP contribution is 2.19. The maximum absolute atomic E-state index is 12.3. The number of carbonyl (C=O) groups is 1. The highest BCUT2D eigenvalue weighted by Gasteiger charge is 2.14. The van der Waals surface area contributed by atoms with Gasteiger partial charge in [-0.1, -0.05) is 32.0 Å². The maximum atomic E-state index is 12.3. The Kier molecular flexibility index (Phi) is 5.68. The van der Waals surface area contributed by atoms with Crippen molar-refractivity contribution < 1.29 is 9.72 Å². The molecule has 5 nitrogen and oxygen atoms in total. The van der Waals surface area contributed by atoms with Crippen molar-refractivity contribution >= 4 is 11.6 Å². The molecule has 1 amide bonds. The zero-order valence-electron chi connectivity index (χ0n) is 14.3. The van der Waals surface area contributed by atoms with Gasteiger partial charge in [-0.15, -0.1) is 0 Å². The molecule has 24 heavy (non-hydrogen) atoms. The van der Waals surface area contributed by atoms with Crippen molar-refractivity contribution in [2.75, 3.05) is 0 Å². The normalized spacial score (nSPS) is 10.5. The lowest BCUT2D eigenvalue weighted by Gasteiger charge is -2.12. The van der Waals surface area contributed by atoms with E-state index >= 15 is 0 Å². The Bertz CT molecular complexity index is 769. The molecule has 0 aliphatic heterocycles. The van der Waals surface area contributed by atoms with Gasteiger partial charge in [0, 0.05) is 23.7 Å². The second kappa shape index (κ2) is 7.73. The van der Waals surface area contributed by atoms with Crippen molar-refractivity contribution in [1.29, 1.82) is 0 Å². The summed E-state index contributed by atoms with van der Waals surface area (Å²) < 4.78 is 0. The number of nitrogens with one attached hydrogen (secondary N) is 1. The van der Waals surface area contributed by atoms with E-state index in [-0.39, 0.29) is 11.6 Å². The van der Waals surface area contributed by atoms with Crippen LogP contribution in [0, 0.1) is 17.0 Å². The Morgan fingerprint density at radius 1 is 1.08 bits per heavy atom. The third-order valence-corrected chi connectivity index (χ3v) is 4.15. The number of nitro benzene ring substituents is 1. The van der Waals surface area contributed by atoms with E-state index in [9.17, 15) is 14.9 Å². The number of nitro groups is 1. The van der Waals surface area contributed by atoms with Crippen LogP contribution in [0.2, 0.25) is 0 Å². The molecule has 0 heterocycles. The summed E-state index contributed by atoms with van der Waals surface area (Å²) in [6, 6.07) is 10.8. The first kappa shape index (κ1) is 17.7. The average Bonchev–Trinajstić information content (AvgIpc) is 2.58. The van der Waals surface area contributed by atoms with Gasteiger partial charge in [-0.05, 0) is 48.6 Å². The van der Waals surface area contributed by atoms with E-state index in [1.54, 1.807) is 13.0 Å². The monoisotopic (exact) mass is 326 g/mol. The molecule has 2 aromatic carbocycles. The van der Waals surface area contributed by atoms with E-state index < -0.39 is 4.92 Å². The second-order valence-electron chi connectivity index (χ2n) is 5.75. The Labute approximate surface area is 141 Å². The van der Waals surface area contributed by atoms with E-state index in [4.69, 9.17) is 0 Å². The fourth-order valence-corrected chi connectivity index (χ4v) is 2.69. The molecule has 0 saturated heterocycles. The number of benzene rings is 2. The molecule has 2 rings (SSSR count). The average molecular weight is 326 g/mol. The van der Waals surface area contributed by atoms with E-state index in [0.717, 1.165) is 18.4 Å². The van der Waals surface area contributed by atoms with Crippen LogP contribution in [0.25, 0.3) is 0 Å². The molecular formula is C19H22N2O3. The summed E-state index contributed by atoms with van der Waals surface area (Å²) in [5, 5.41) is 13.8. The van der Waals surface area contributed by atoms with Gasteiger partial charge in [0.25, 0.3) is 11.6 Å². The highest BCUT2D eigenvalue weighted by molar-refractivity contribution is 5.94. The van der Waals surface area contributed by atoms with Crippen LogP contribution in [-0.2, 0) is 19.4 Å².